The first-order chi connectivity index (χ1) is 10.2. The summed E-state index contributed by atoms with van der Waals surface area (Å²) >= 11 is 1.90. The van der Waals surface area contributed by atoms with Crippen molar-refractivity contribution in [1.82, 2.24) is 15.2 Å². The third-order valence-electron chi connectivity index (χ3n) is 4.66. The zero-order valence-corrected chi connectivity index (χ0v) is 14.4. The average Bonchev–Trinajstić information content (AvgIpc) is 3.24. The number of rotatable bonds is 6. The van der Waals surface area contributed by atoms with E-state index in [9.17, 15) is 0 Å². The number of piperidine rings is 1. The predicted octanol–water partition coefficient (Wildman–Crippen LogP) is 2.66. The van der Waals surface area contributed by atoms with Crippen LogP contribution >= 0.6 is 11.3 Å². The minimum Gasteiger partial charge on any atom is -0.347 e. The number of likely N-dealkylation sites (tertiary alicyclic amines) is 1. The van der Waals surface area contributed by atoms with Gasteiger partial charge in [-0.2, -0.15) is 0 Å². The van der Waals surface area contributed by atoms with Crippen molar-refractivity contribution >= 4 is 16.5 Å². The molecule has 5 heteroatoms. The second kappa shape index (κ2) is 6.63. The Morgan fingerprint density at radius 3 is 2.86 bits per heavy atom. The molecule has 118 valence electrons. The molecule has 3 rings (SSSR count). The largest absolute Gasteiger partial charge is 0.347 e. The van der Waals surface area contributed by atoms with Crippen LogP contribution in [-0.4, -0.2) is 49.7 Å². The molecule has 0 radical (unpaired) electrons. The van der Waals surface area contributed by atoms with Crippen molar-refractivity contribution in [2.24, 2.45) is 0 Å². The molecule has 2 aliphatic rings. The van der Waals surface area contributed by atoms with E-state index in [1.807, 2.05) is 11.3 Å². The molecular weight excluding hydrogens is 280 g/mol. The van der Waals surface area contributed by atoms with E-state index < -0.39 is 0 Å². The van der Waals surface area contributed by atoms with Crippen LogP contribution in [0.4, 0.5) is 5.13 Å². The second-order valence-corrected chi connectivity index (χ2v) is 7.59. The number of thiazole rings is 1. The van der Waals surface area contributed by atoms with Crippen LogP contribution in [0.1, 0.15) is 49.1 Å². The first kappa shape index (κ1) is 15.3. The lowest BCUT2D eigenvalue weighted by atomic mass is 10.1. The van der Waals surface area contributed by atoms with Gasteiger partial charge >= 0.3 is 0 Å². The fourth-order valence-electron chi connectivity index (χ4n) is 3.15. The minimum absolute atomic E-state index is 0.619. The van der Waals surface area contributed by atoms with Gasteiger partial charge in [-0.25, -0.2) is 4.98 Å². The van der Waals surface area contributed by atoms with E-state index in [-0.39, 0.29) is 0 Å². The van der Waals surface area contributed by atoms with Gasteiger partial charge in [-0.3, -0.25) is 0 Å². The SMILES string of the molecule is CCNCc1sc(N(C)C2CCCN(C)C2)nc1C1CC1. The van der Waals surface area contributed by atoms with Gasteiger partial charge in [0.15, 0.2) is 5.13 Å². The van der Waals surface area contributed by atoms with Crippen LogP contribution < -0.4 is 10.2 Å². The lowest BCUT2D eigenvalue weighted by Crippen LogP contribution is -2.45. The van der Waals surface area contributed by atoms with E-state index in [0.29, 0.717) is 6.04 Å². The lowest BCUT2D eigenvalue weighted by molar-refractivity contribution is 0.248. The highest BCUT2D eigenvalue weighted by molar-refractivity contribution is 7.15. The van der Waals surface area contributed by atoms with Crippen LogP contribution in [0.2, 0.25) is 0 Å². The standard InChI is InChI=1S/C16H28N4S/c1-4-17-10-14-15(12-7-8-12)18-16(21-14)20(3)13-6-5-9-19(2)11-13/h12-13,17H,4-11H2,1-3H3. The maximum Gasteiger partial charge on any atom is 0.185 e. The van der Waals surface area contributed by atoms with Crippen LogP contribution in [0, 0.1) is 0 Å². The molecule has 1 aromatic rings. The highest BCUT2D eigenvalue weighted by atomic mass is 32.1. The summed E-state index contributed by atoms with van der Waals surface area (Å²) in [5.41, 5.74) is 1.38. The summed E-state index contributed by atoms with van der Waals surface area (Å²) in [7, 11) is 4.46. The Labute approximate surface area is 132 Å². The Bertz CT molecular complexity index is 469. The molecule has 2 heterocycles. The summed E-state index contributed by atoms with van der Waals surface area (Å²) in [6, 6.07) is 0.619. The molecule has 0 amide bonds. The molecule has 0 aromatic carbocycles. The van der Waals surface area contributed by atoms with Crippen molar-refractivity contribution in [1.29, 1.82) is 0 Å². The zero-order valence-electron chi connectivity index (χ0n) is 13.6. The van der Waals surface area contributed by atoms with E-state index in [1.165, 1.54) is 47.9 Å². The van der Waals surface area contributed by atoms with Crippen molar-refractivity contribution in [3.8, 4) is 0 Å². The number of nitrogens with one attached hydrogen (secondary N) is 1. The Hall–Kier alpha value is -0.650. The van der Waals surface area contributed by atoms with Crippen molar-refractivity contribution in [2.75, 3.05) is 38.6 Å². The third-order valence-corrected chi connectivity index (χ3v) is 5.83. The number of nitrogens with zero attached hydrogens (tertiary/aromatic N) is 3. The van der Waals surface area contributed by atoms with Gasteiger partial charge < -0.3 is 15.1 Å². The molecule has 2 fully saturated rings. The summed E-state index contributed by atoms with van der Waals surface area (Å²) < 4.78 is 0. The van der Waals surface area contributed by atoms with E-state index in [1.54, 1.807) is 0 Å². The first-order valence-electron chi connectivity index (χ1n) is 8.30. The number of hydrogen-bond donors (Lipinski definition) is 1. The molecule has 0 bridgehead atoms. The molecule has 1 N–H and O–H groups in total. The Morgan fingerprint density at radius 1 is 1.38 bits per heavy atom. The smallest absolute Gasteiger partial charge is 0.185 e. The zero-order chi connectivity index (χ0) is 14.8. The highest BCUT2D eigenvalue weighted by Gasteiger charge is 2.31. The summed E-state index contributed by atoms with van der Waals surface area (Å²) in [5.74, 6) is 0.742. The Kier molecular flexibility index (Phi) is 4.82. The summed E-state index contributed by atoms with van der Waals surface area (Å²) in [4.78, 5) is 11.4. The van der Waals surface area contributed by atoms with Gasteiger partial charge in [-0.05, 0) is 45.8 Å². The van der Waals surface area contributed by atoms with E-state index >= 15 is 0 Å². The molecule has 1 unspecified atom stereocenters. The minimum atomic E-state index is 0.619. The third kappa shape index (κ3) is 3.58. The quantitative estimate of drug-likeness (QED) is 0.875. The van der Waals surface area contributed by atoms with Crippen LogP contribution in [-0.2, 0) is 6.54 Å². The maximum atomic E-state index is 5.01. The average molecular weight is 308 g/mol. The molecule has 1 aromatic heterocycles. The number of likely N-dealkylation sites (N-methyl/N-ethyl adjacent to an activating group) is 2. The normalized spacial score (nSPS) is 23.5. The van der Waals surface area contributed by atoms with Crippen LogP contribution in [0.5, 0.6) is 0 Å². The molecule has 1 saturated heterocycles. The monoisotopic (exact) mass is 308 g/mol. The van der Waals surface area contributed by atoms with Crippen LogP contribution in [0.3, 0.4) is 0 Å². The molecule has 1 saturated carbocycles. The van der Waals surface area contributed by atoms with E-state index in [4.69, 9.17) is 4.98 Å². The van der Waals surface area contributed by atoms with Crippen molar-refractivity contribution in [3.05, 3.63) is 10.6 Å². The van der Waals surface area contributed by atoms with Gasteiger partial charge in [-0.15, -0.1) is 11.3 Å². The number of aromatic nitrogens is 1. The van der Waals surface area contributed by atoms with Crippen LogP contribution in [0.25, 0.3) is 0 Å². The number of anilines is 1. The number of hydrogen-bond acceptors (Lipinski definition) is 5. The van der Waals surface area contributed by atoms with Gasteiger partial charge in [0, 0.05) is 37.0 Å². The summed E-state index contributed by atoms with van der Waals surface area (Å²) in [5, 5.41) is 4.70. The molecule has 1 aliphatic carbocycles. The topological polar surface area (TPSA) is 31.4 Å². The van der Waals surface area contributed by atoms with Crippen molar-refractivity contribution < 1.29 is 0 Å². The van der Waals surface area contributed by atoms with Gasteiger partial charge in [0.1, 0.15) is 0 Å². The summed E-state index contributed by atoms with van der Waals surface area (Å²) in [6.07, 6.45) is 5.26. The van der Waals surface area contributed by atoms with Gasteiger partial charge in [-0.1, -0.05) is 6.92 Å². The first-order valence-corrected chi connectivity index (χ1v) is 9.12. The van der Waals surface area contributed by atoms with Gasteiger partial charge in [0.25, 0.3) is 0 Å². The molecule has 1 aliphatic heterocycles. The lowest BCUT2D eigenvalue weighted by Gasteiger charge is -2.35. The second-order valence-electron chi connectivity index (χ2n) is 6.53. The predicted molar refractivity (Wildman–Crippen MR) is 90.4 cm³/mol. The molecule has 0 spiro atoms. The van der Waals surface area contributed by atoms with Crippen molar-refractivity contribution in [2.45, 2.75) is 51.1 Å². The molecule has 4 nitrogen and oxygen atoms in total. The fourth-order valence-corrected chi connectivity index (χ4v) is 4.30. The van der Waals surface area contributed by atoms with E-state index in [0.717, 1.165) is 25.6 Å². The Balaban J connectivity index is 1.74. The van der Waals surface area contributed by atoms with E-state index in [2.05, 4.69) is 36.1 Å². The molecule has 21 heavy (non-hydrogen) atoms. The van der Waals surface area contributed by atoms with Crippen molar-refractivity contribution in [3.63, 3.8) is 0 Å². The van der Waals surface area contributed by atoms with Gasteiger partial charge in [0.2, 0.25) is 0 Å². The molecule has 1 atom stereocenters. The maximum absolute atomic E-state index is 5.01. The highest BCUT2D eigenvalue weighted by Crippen LogP contribution is 2.44. The summed E-state index contributed by atoms with van der Waals surface area (Å²) in [6.45, 7) is 6.58. The Morgan fingerprint density at radius 2 is 2.19 bits per heavy atom. The fraction of sp³-hybridized carbons (Fsp3) is 0.812. The molecular formula is C16H28N4S. The van der Waals surface area contributed by atoms with Gasteiger partial charge in [0.05, 0.1) is 5.69 Å². The van der Waals surface area contributed by atoms with Crippen LogP contribution in [0.15, 0.2) is 0 Å².